The molecule has 1 rings (SSSR count). The Kier molecular flexibility index (Phi) is 6.03. The molecule has 3 heteroatoms. The van der Waals surface area contributed by atoms with Crippen LogP contribution in [0.25, 0.3) is 0 Å². The van der Waals surface area contributed by atoms with Gasteiger partial charge in [0.05, 0.1) is 6.04 Å². The molecule has 0 heterocycles. The highest BCUT2D eigenvalue weighted by Crippen LogP contribution is 2.14. The van der Waals surface area contributed by atoms with Crippen LogP contribution in [0, 0.1) is 6.92 Å². The van der Waals surface area contributed by atoms with Crippen LogP contribution in [-0.4, -0.2) is 29.9 Å². The molecule has 1 aromatic carbocycles. The summed E-state index contributed by atoms with van der Waals surface area (Å²) < 4.78 is 0. The minimum Gasteiger partial charge on any atom is -0.342 e. The van der Waals surface area contributed by atoms with Crippen LogP contribution in [0.15, 0.2) is 24.3 Å². The summed E-state index contributed by atoms with van der Waals surface area (Å²) in [5, 5.41) is 3.38. The number of rotatable bonds is 6. The predicted molar refractivity (Wildman–Crippen MR) is 80.1 cm³/mol. The zero-order valence-corrected chi connectivity index (χ0v) is 12.7. The SMILES string of the molecule is CCN(CC)C(=O)C(C)NC(C)c1cccc(C)c1. The molecular weight excluding hydrogens is 236 g/mol. The van der Waals surface area contributed by atoms with Gasteiger partial charge in [-0.2, -0.15) is 0 Å². The number of hydrogen-bond acceptors (Lipinski definition) is 2. The van der Waals surface area contributed by atoms with E-state index in [4.69, 9.17) is 0 Å². The summed E-state index contributed by atoms with van der Waals surface area (Å²) in [4.78, 5) is 14.1. The topological polar surface area (TPSA) is 32.3 Å². The summed E-state index contributed by atoms with van der Waals surface area (Å²) in [5.41, 5.74) is 2.47. The number of benzene rings is 1. The molecule has 0 fully saturated rings. The molecule has 19 heavy (non-hydrogen) atoms. The van der Waals surface area contributed by atoms with Gasteiger partial charge in [-0.1, -0.05) is 29.8 Å². The fraction of sp³-hybridized carbons (Fsp3) is 0.562. The number of hydrogen-bond donors (Lipinski definition) is 1. The highest BCUT2D eigenvalue weighted by atomic mass is 16.2. The van der Waals surface area contributed by atoms with E-state index < -0.39 is 0 Å². The van der Waals surface area contributed by atoms with E-state index in [1.807, 2.05) is 25.7 Å². The molecule has 0 spiro atoms. The third-order valence-electron chi connectivity index (χ3n) is 3.49. The van der Waals surface area contributed by atoms with Crippen LogP contribution < -0.4 is 5.32 Å². The van der Waals surface area contributed by atoms with Crippen molar-refractivity contribution in [1.29, 1.82) is 0 Å². The summed E-state index contributed by atoms with van der Waals surface area (Å²) in [6.45, 7) is 11.7. The maximum absolute atomic E-state index is 12.2. The molecule has 0 aromatic heterocycles. The van der Waals surface area contributed by atoms with Crippen molar-refractivity contribution < 1.29 is 4.79 Å². The van der Waals surface area contributed by atoms with Gasteiger partial charge in [0, 0.05) is 19.1 Å². The predicted octanol–water partition coefficient (Wildman–Crippen LogP) is 2.90. The van der Waals surface area contributed by atoms with Crippen molar-refractivity contribution in [2.45, 2.75) is 46.7 Å². The highest BCUT2D eigenvalue weighted by molar-refractivity contribution is 5.81. The van der Waals surface area contributed by atoms with Gasteiger partial charge in [0.25, 0.3) is 0 Å². The molecule has 1 N–H and O–H groups in total. The third-order valence-corrected chi connectivity index (χ3v) is 3.49. The molecule has 0 radical (unpaired) electrons. The summed E-state index contributed by atoms with van der Waals surface area (Å²) in [6, 6.07) is 8.41. The molecule has 0 saturated carbocycles. The second-order valence-electron chi connectivity index (χ2n) is 5.03. The molecule has 2 atom stereocenters. The molecular formula is C16H26N2O. The van der Waals surface area contributed by atoms with Crippen LogP contribution in [0.4, 0.5) is 0 Å². The second-order valence-corrected chi connectivity index (χ2v) is 5.03. The lowest BCUT2D eigenvalue weighted by Crippen LogP contribution is -2.45. The van der Waals surface area contributed by atoms with Crippen LogP contribution in [-0.2, 0) is 4.79 Å². The van der Waals surface area contributed by atoms with Gasteiger partial charge in [0.15, 0.2) is 0 Å². The minimum absolute atomic E-state index is 0.157. The normalized spacial score (nSPS) is 13.9. The van der Waals surface area contributed by atoms with Crippen molar-refractivity contribution in [1.82, 2.24) is 10.2 Å². The first-order valence-electron chi connectivity index (χ1n) is 7.11. The fourth-order valence-electron chi connectivity index (χ4n) is 2.29. The number of nitrogens with one attached hydrogen (secondary N) is 1. The van der Waals surface area contributed by atoms with Crippen LogP contribution in [0.1, 0.15) is 44.9 Å². The first-order chi connectivity index (χ1) is 8.99. The Morgan fingerprint density at radius 2 is 1.89 bits per heavy atom. The summed E-state index contributed by atoms with van der Waals surface area (Å²) in [5.74, 6) is 0.171. The van der Waals surface area contributed by atoms with Crippen molar-refractivity contribution in [2.75, 3.05) is 13.1 Å². The number of aryl methyl sites for hydroxylation is 1. The smallest absolute Gasteiger partial charge is 0.239 e. The van der Waals surface area contributed by atoms with Crippen molar-refractivity contribution in [3.63, 3.8) is 0 Å². The van der Waals surface area contributed by atoms with Crippen LogP contribution in [0.2, 0.25) is 0 Å². The van der Waals surface area contributed by atoms with Crippen molar-refractivity contribution in [3.05, 3.63) is 35.4 Å². The van der Waals surface area contributed by atoms with E-state index in [2.05, 4.69) is 43.4 Å². The van der Waals surface area contributed by atoms with E-state index in [0.29, 0.717) is 0 Å². The number of likely N-dealkylation sites (N-methyl/N-ethyl adjacent to an activating group) is 1. The molecule has 106 valence electrons. The van der Waals surface area contributed by atoms with Gasteiger partial charge < -0.3 is 4.90 Å². The molecule has 0 bridgehead atoms. The van der Waals surface area contributed by atoms with Gasteiger partial charge in [-0.05, 0) is 40.2 Å². The molecule has 0 aliphatic rings. The average molecular weight is 262 g/mol. The number of amides is 1. The number of nitrogens with zero attached hydrogens (tertiary/aromatic N) is 1. The molecule has 3 nitrogen and oxygen atoms in total. The van der Waals surface area contributed by atoms with E-state index in [9.17, 15) is 4.79 Å². The van der Waals surface area contributed by atoms with E-state index in [-0.39, 0.29) is 18.0 Å². The van der Waals surface area contributed by atoms with Crippen molar-refractivity contribution >= 4 is 5.91 Å². The lowest BCUT2D eigenvalue weighted by Gasteiger charge is -2.26. The van der Waals surface area contributed by atoms with Crippen molar-refractivity contribution in [3.8, 4) is 0 Å². The maximum Gasteiger partial charge on any atom is 0.239 e. The van der Waals surface area contributed by atoms with Crippen LogP contribution >= 0.6 is 0 Å². The van der Waals surface area contributed by atoms with E-state index >= 15 is 0 Å². The lowest BCUT2D eigenvalue weighted by atomic mass is 10.0. The number of carbonyl (C=O) groups excluding carboxylic acids is 1. The quantitative estimate of drug-likeness (QED) is 0.855. The van der Waals surface area contributed by atoms with Gasteiger partial charge >= 0.3 is 0 Å². The zero-order valence-electron chi connectivity index (χ0n) is 12.7. The minimum atomic E-state index is -0.157. The standard InChI is InChI=1S/C16H26N2O/c1-6-18(7-2)16(19)14(5)17-13(4)15-10-8-9-12(3)11-15/h8-11,13-14,17H,6-7H2,1-5H3. The Hall–Kier alpha value is -1.35. The van der Waals surface area contributed by atoms with E-state index in [0.717, 1.165) is 13.1 Å². The van der Waals surface area contributed by atoms with Gasteiger partial charge in [-0.3, -0.25) is 10.1 Å². The first kappa shape index (κ1) is 15.7. The molecule has 0 saturated heterocycles. The average Bonchev–Trinajstić information content (AvgIpc) is 2.39. The Bertz CT molecular complexity index is 413. The molecule has 1 aromatic rings. The Morgan fingerprint density at radius 3 is 2.42 bits per heavy atom. The highest BCUT2D eigenvalue weighted by Gasteiger charge is 2.20. The Labute approximate surface area is 117 Å². The fourth-order valence-corrected chi connectivity index (χ4v) is 2.29. The van der Waals surface area contributed by atoms with E-state index in [1.165, 1.54) is 11.1 Å². The molecule has 0 aliphatic heterocycles. The van der Waals surface area contributed by atoms with Gasteiger partial charge in [0.2, 0.25) is 5.91 Å². The maximum atomic E-state index is 12.2. The summed E-state index contributed by atoms with van der Waals surface area (Å²) >= 11 is 0. The first-order valence-corrected chi connectivity index (χ1v) is 7.11. The van der Waals surface area contributed by atoms with E-state index in [1.54, 1.807) is 0 Å². The summed E-state index contributed by atoms with van der Waals surface area (Å²) in [6.07, 6.45) is 0. The van der Waals surface area contributed by atoms with Gasteiger partial charge in [-0.15, -0.1) is 0 Å². The third kappa shape index (κ3) is 4.35. The lowest BCUT2D eigenvalue weighted by molar-refractivity contribution is -0.132. The molecule has 2 unspecified atom stereocenters. The Balaban J connectivity index is 2.66. The van der Waals surface area contributed by atoms with Crippen molar-refractivity contribution in [2.24, 2.45) is 0 Å². The molecule has 1 amide bonds. The summed E-state index contributed by atoms with van der Waals surface area (Å²) in [7, 11) is 0. The second kappa shape index (κ2) is 7.29. The zero-order chi connectivity index (χ0) is 14.4. The monoisotopic (exact) mass is 262 g/mol. The van der Waals surface area contributed by atoms with Crippen LogP contribution in [0.3, 0.4) is 0 Å². The van der Waals surface area contributed by atoms with Gasteiger partial charge in [-0.25, -0.2) is 0 Å². The Morgan fingerprint density at radius 1 is 1.26 bits per heavy atom. The van der Waals surface area contributed by atoms with Gasteiger partial charge in [0.1, 0.15) is 0 Å². The van der Waals surface area contributed by atoms with Crippen LogP contribution in [0.5, 0.6) is 0 Å². The number of carbonyl (C=O) groups is 1. The molecule has 0 aliphatic carbocycles. The largest absolute Gasteiger partial charge is 0.342 e.